The van der Waals surface area contributed by atoms with Crippen LogP contribution < -0.4 is 20.5 Å². The van der Waals surface area contributed by atoms with Gasteiger partial charge in [-0.3, -0.25) is 14.5 Å². The van der Waals surface area contributed by atoms with Gasteiger partial charge in [-0.15, -0.1) is 0 Å². The second-order valence-electron chi connectivity index (χ2n) is 6.98. The first-order valence-electron chi connectivity index (χ1n) is 9.18. The molecule has 0 aliphatic carbocycles. The standard InChI is InChI=1S/C18H24N4O5/c19-13-8-15-16(27-11-26-15)9-14(13)20-18(24)12-7-17(23)22(10-12)2-1-21-3-5-25-6-4-21/h8-9,12H,1-7,10-11,19H2,(H,20,24). The van der Waals surface area contributed by atoms with Crippen molar-refractivity contribution in [3.05, 3.63) is 12.1 Å². The molecule has 0 spiro atoms. The van der Waals surface area contributed by atoms with Crippen LogP contribution in [0.15, 0.2) is 12.1 Å². The molecule has 9 nitrogen and oxygen atoms in total. The number of carbonyl (C=O) groups is 2. The average molecular weight is 376 g/mol. The molecule has 9 heteroatoms. The van der Waals surface area contributed by atoms with Gasteiger partial charge in [-0.25, -0.2) is 0 Å². The number of carbonyl (C=O) groups excluding carboxylic acids is 2. The highest BCUT2D eigenvalue weighted by Crippen LogP contribution is 2.38. The molecule has 2 fully saturated rings. The van der Waals surface area contributed by atoms with E-state index in [-0.39, 0.29) is 30.9 Å². The zero-order valence-corrected chi connectivity index (χ0v) is 15.1. The molecule has 2 saturated heterocycles. The fourth-order valence-electron chi connectivity index (χ4n) is 3.55. The molecule has 1 aromatic rings. The Kier molecular flexibility index (Phi) is 5.04. The third-order valence-corrected chi connectivity index (χ3v) is 5.18. The van der Waals surface area contributed by atoms with Gasteiger partial charge < -0.3 is 30.2 Å². The van der Waals surface area contributed by atoms with E-state index in [1.807, 2.05) is 0 Å². The van der Waals surface area contributed by atoms with E-state index in [2.05, 4.69) is 10.2 Å². The Bertz CT molecular complexity index is 735. The SMILES string of the molecule is Nc1cc2c(cc1NC(=O)C1CC(=O)N(CCN3CCOCC3)C1)OCO2. The number of nitrogens with one attached hydrogen (secondary N) is 1. The molecule has 0 bridgehead atoms. The van der Waals surface area contributed by atoms with Gasteiger partial charge in [0.2, 0.25) is 18.6 Å². The van der Waals surface area contributed by atoms with Crippen LogP contribution in [0.5, 0.6) is 11.5 Å². The van der Waals surface area contributed by atoms with Crippen molar-refractivity contribution in [2.75, 3.05) is 63.8 Å². The number of anilines is 2. The molecule has 27 heavy (non-hydrogen) atoms. The Morgan fingerprint density at radius 2 is 1.93 bits per heavy atom. The molecule has 3 N–H and O–H groups in total. The van der Waals surface area contributed by atoms with E-state index in [0.717, 1.165) is 32.8 Å². The predicted octanol–water partition coefficient (Wildman–Crippen LogP) is 0.117. The van der Waals surface area contributed by atoms with Gasteiger partial charge in [-0.05, 0) is 0 Å². The van der Waals surface area contributed by atoms with E-state index in [9.17, 15) is 9.59 Å². The molecule has 0 radical (unpaired) electrons. The Morgan fingerprint density at radius 3 is 2.70 bits per heavy atom. The second-order valence-corrected chi connectivity index (χ2v) is 6.98. The molecular formula is C18H24N4O5. The maximum Gasteiger partial charge on any atom is 0.231 e. The molecule has 2 amide bonds. The smallest absolute Gasteiger partial charge is 0.231 e. The van der Waals surface area contributed by atoms with Crippen molar-refractivity contribution >= 4 is 23.2 Å². The number of likely N-dealkylation sites (tertiary alicyclic amines) is 1. The number of ether oxygens (including phenoxy) is 3. The highest BCUT2D eigenvalue weighted by Gasteiger charge is 2.34. The lowest BCUT2D eigenvalue weighted by Crippen LogP contribution is -2.42. The summed E-state index contributed by atoms with van der Waals surface area (Å²) in [6.45, 7) is 5.24. The molecule has 3 aliphatic rings. The Balaban J connectivity index is 1.32. The van der Waals surface area contributed by atoms with Crippen LogP contribution >= 0.6 is 0 Å². The molecule has 4 rings (SSSR count). The summed E-state index contributed by atoms with van der Waals surface area (Å²) in [7, 11) is 0. The first-order valence-corrected chi connectivity index (χ1v) is 9.18. The monoisotopic (exact) mass is 376 g/mol. The lowest BCUT2D eigenvalue weighted by molar-refractivity contribution is -0.128. The summed E-state index contributed by atoms with van der Waals surface area (Å²) in [6, 6.07) is 3.29. The number of benzene rings is 1. The maximum absolute atomic E-state index is 12.6. The molecule has 1 aromatic carbocycles. The number of morpholine rings is 1. The summed E-state index contributed by atoms with van der Waals surface area (Å²) >= 11 is 0. The highest BCUT2D eigenvalue weighted by molar-refractivity contribution is 5.99. The van der Waals surface area contributed by atoms with E-state index < -0.39 is 0 Å². The van der Waals surface area contributed by atoms with Crippen molar-refractivity contribution < 1.29 is 23.8 Å². The van der Waals surface area contributed by atoms with Gasteiger partial charge in [0.1, 0.15) is 0 Å². The number of amides is 2. The molecule has 0 aromatic heterocycles. The number of rotatable bonds is 5. The number of fused-ring (bicyclic) bond motifs is 1. The van der Waals surface area contributed by atoms with Crippen LogP contribution in [0.2, 0.25) is 0 Å². The van der Waals surface area contributed by atoms with Crippen LogP contribution in [0, 0.1) is 5.92 Å². The van der Waals surface area contributed by atoms with Crippen LogP contribution in [0.4, 0.5) is 11.4 Å². The average Bonchev–Trinajstić information content (AvgIpc) is 3.27. The first kappa shape index (κ1) is 17.9. The van der Waals surface area contributed by atoms with E-state index in [1.54, 1.807) is 17.0 Å². The summed E-state index contributed by atoms with van der Waals surface area (Å²) < 4.78 is 15.9. The zero-order valence-electron chi connectivity index (χ0n) is 15.1. The Hall–Kier alpha value is -2.52. The van der Waals surface area contributed by atoms with Gasteiger partial charge in [0.05, 0.1) is 30.5 Å². The summed E-state index contributed by atoms with van der Waals surface area (Å²) in [5, 5.41) is 2.82. The van der Waals surface area contributed by atoms with Crippen LogP contribution in [0.25, 0.3) is 0 Å². The van der Waals surface area contributed by atoms with Crippen molar-refractivity contribution in [3.8, 4) is 11.5 Å². The second kappa shape index (κ2) is 7.61. The number of nitrogens with two attached hydrogens (primary N) is 1. The Labute approximate surface area is 157 Å². The summed E-state index contributed by atoms with van der Waals surface area (Å²) in [6.07, 6.45) is 0.222. The van der Waals surface area contributed by atoms with Crippen LogP contribution in [0.1, 0.15) is 6.42 Å². The van der Waals surface area contributed by atoms with Crippen LogP contribution in [-0.2, 0) is 14.3 Å². The highest BCUT2D eigenvalue weighted by atomic mass is 16.7. The van der Waals surface area contributed by atoms with Crippen molar-refractivity contribution in [1.82, 2.24) is 9.80 Å². The van der Waals surface area contributed by atoms with Crippen molar-refractivity contribution in [3.63, 3.8) is 0 Å². The van der Waals surface area contributed by atoms with E-state index in [0.29, 0.717) is 36.0 Å². The number of hydrogen-bond acceptors (Lipinski definition) is 7. The fourth-order valence-corrected chi connectivity index (χ4v) is 3.55. The van der Waals surface area contributed by atoms with Gasteiger partial charge in [0.15, 0.2) is 11.5 Å². The van der Waals surface area contributed by atoms with Crippen molar-refractivity contribution in [2.24, 2.45) is 5.92 Å². The zero-order chi connectivity index (χ0) is 18.8. The Morgan fingerprint density at radius 1 is 1.19 bits per heavy atom. The lowest BCUT2D eigenvalue weighted by Gasteiger charge is -2.28. The molecule has 1 unspecified atom stereocenters. The van der Waals surface area contributed by atoms with Crippen LogP contribution in [-0.4, -0.2) is 74.3 Å². The van der Waals surface area contributed by atoms with Gasteiger partial charge in [0, 0.05) is 51.3 Å². The predicted molar refractivity (Wildman–Crippen MR) is 97.6 cm³/mol. The minimum absolute atomic E-state index is 0.0158. The summed E-state index contributed by atoms with van der Waals surface area (Å²) in [5.74, 6) is 0.543. The topological polar surface area (TPSA) is 106 Å². The third kappa shape index (κ3) is 3.93. The summed E-state index contributed by atoms with van der Waals surface area (Å²) in [4.78, 5) is 28.9. The third-order valence-electron chi connectivity index (χ3n) is 5.18. The molecule has 3 aliphatic heterocycles. The van der Waals surface area contributed by atoms with Crippen molar-refractivity contribution in [1.29, 1.82) is 0 Å². The molecule has 146 valence electrons. The number of nitrogen functional groups attached to an aromatic ring is 1. The molecule has 1 atom stereocenters. The molecule has 0 saturated carbocycles. The number of nitrogens with zero attached hydrogens (tertiary/aromatic N) is 2. The van der Waals surface area contributed by atoms with E-state index in [1.165, 1.54) is 0 Å². The maximum atomic E-state index is 12.6. The minimum Gasteiger partial charge on any atom is -0.454 e. The van der Waals surface area contributed by atoms with Gasteiger partial charge in [0.25, 0.3) is 0 Å². The molecule has 3 heterocycles. The normalized spacial score (nSPS) is 22.3. The van der Waals surface area contributed by atoms with Crippen LogP contribution in [0.3, 0.4) is 0 Å². The van der Waals surface area contributed by atoms with Crippen molar-refractivity contribution in [2.45, 2.75) is 6.42 Å². The van der Waals surface area contributed by atoms with E-state index in [4.69, 9.17) is 19.9 Å². The fraction of sp³-hybridized carbons (Fsp3) is 0.556. The minimum atomic E-state index is -0.382. The lowest BCUT2D eigenvalue weighted by atomic mass is 10.1. The van der Waals surface area contributed by atoms with Gasteiger partial charge >= 0.3 is 0 Å². The van der Waals surface area contributed by atoms with Gasteiger partial charge in [-0.1, -0.05) is 0 Å². The largest absolute Gasteiger partial charge is 0.454 e. The van der Waals surface area contributed by atoms with E-state index >= 15 is 0 Å². The quantitative estimate of drug-likeness (QED) is 0.703. The van der Waals surface area contributed by atoms with Gasteiger partial charge in [-0.2, -0.15) is 0 Å². The first-order chi connectivity index (χ1) is 13.1. The number of hydrogen-bond donors (Lipinski definition) is 2. The molecular weight excluding hydrogens is 352 g/mol. The summed E-state index contributed by atoms with van der Waals surface area (Å²) in [5.41, 5.74) is 6.86.